The maximum absolute atomic E-state index is 11.9. The summed E-state index contributed by atoms with van der Waals surface area (Å²) >= 11 is 5.77. The molecule has 0 aliphatic carbocycles. The van der Waals surface area contributed by atoms with Crippen LogP contribution in [0, 0.1) is 6.92 Å². The number of halogens is 1. The number of fused-ring (bicyclic) bond motifs is 1. The summed E-state index contributed by atoms with van der Waals surface area (Å²) in [6, 6.07) is -0.544. The second kappa shape index (κ2) is 5.40. The molecule has 0 fully saturated rings. The van der Waals surface area contributed by atoms with Crippen molar-refractivity contribution in [3.8, 4) is 0 Å². The van der Waals surface area contributed by atoms with Crippen molar-refractivity contribution < 1.29 is 14.3 Å². The lowest BCUT2D eigenvalue weighted by molar-refractivity contribution is -0.140. The quantitative estimate of drug-likeness (QED) is 0.638. The Bertz CT molecular complexity index is 535. The standard InChI is InChI=1S/C11H13ClN4O3/c1-5-8-9(16-11(12)13-5)14-6(10(18)15-8)3-4-7(17)19-2/h6H,3-4H2,1-2H3,(H,15,18)(H,13,14,16)/t6-/m0/s1. The number of esters is 1. The molecule has 7 nitrogen and oxygen atoms in total. The fourth-order valence-corrected chi connectivity index (χ4v) is 2.01. The lowest BCUT2D eigenvalue weighted by atomic mass is 10.1. The van der Waals surface area contributed by atoms with Crippen molar-refractivity contribution in [2.45, 2.75) is 25.8 Å². The number of carbonyl (C=O) groups is 2. The van der Waals surface area contributed by atoms with Crippen molar-refractivity contribution in [1.29, 1.82) is 0 Å². The van der Waals surface area contributed by atoms with Gasteiger partial charge in [0.05, 0.1) is 12.8 Å². The van der Waals surface area contributed by atoms with Crippen LogP contribution in [0.2, 0.25) is 5.28 Å². The number of aromatic nitrogens is 2. The molecule has 8 heteroatoms. The number of amides is 1. The third-order valence-electron chi connectivity index (χ3n) is 2.80. The summed E-state index contributed by atoms with van der Waals surface area (Å²) in [5.74, 6) is -0.130. The zero-order chi connectivity index (χ0) is 14.0. The van der Waals surface area contributed by atoms with Crippen LogP contribution in [-0.2, 0) is 14.3 Å². The highest BCUT2D eigenvalue weighted by atomic mass is 35.5. The lowest BCUT2D eigenvalue weighted by Gasteiger charge is -2.26. The number of nitrogens with zero attached hydrogens (tertiary/aromatic N) is 2. The highest BCUT2D eigenvalue weighted by Crippen LogP contribution is 2.29. The van der Waals surface area contributed by atoms with E-state index < -0.39 is 6.04 Å². The van der Waals surface area contributed by atoms with Crippen LogP contribution in [0.15, 0.2) is 0 Å². The predicted molar refractivity (Wildman–Crippen MR) is 69.1 cm³/mol. The molecular formula is C11H13ClN4O3. The first-order chi connectivity index (χ1) is 9.01. The number of aryl methyl sites for hydroxylation is 1. The number of hydrogen-bond donors (Lipinski definition) is 2. The average Bonchev–Trinajstić information content (AvgIpc) is 2.37. The molecule has 0 aromatic carbocycles. The molecule has 1 aromatic heterocycles. The van der Waals surface area contributed by atoms with E-state index in [9.17, 15) is 9.59 Å². The van der Waals surface area contributed by atoms with E-state index in [0.717, 1.165) is 0 Å². The van der Waals surface area contributed by atoms with Crippen LogP contribution in [0.5, 0.6) is 0 Å². The van der Waals surface area contributed by atoms with E-state index >= 15 is 0 Å². The summed E-state index contributed by atoms with van der Waals surface area (Å²) < 4.78 is 4.54. The Hall–Kier alpha value is -1.89. The molecule has 1 amide bonds. The van der Waals surface area contributed by atoms with Gasteiger partial charge in [-0.2, -0.15) is 4.98 Å². The topological polar surface area (TPSA) is 93.2 Å². The van der Waals surface area contributed by atoms with Gasteiger partial charge in [0.1, 0.15) is 11.7 Å². The maximum atomic E-state index is 11.9. The smallest absolute Gasteiger partial charge is 0.305 e. The molecule has 102 valence electrons. The van der Waals surface area contributed by atoms with Crippen molar-refractivity contribution in [3.63, 3.8) is 0 Å². The Morgan fingerprint density at radius 2 is 2.21 bits per heavy atom. The molecular weight excluding hydrogens is 272 g/mol. The van der Waals surface area contributed by atoms with Crippen LogP contribution in [0.3, 0.4) is 0 Å². The van der Waals surface area contributed by atoms with Gasteiger partial charge in [-0.1, -0.05) is 0 Å². The van der Waals surface area contributed by atoms with E-state index in [-0.39, 0.29) is 23.6 Å². The molecule has 1 atom stereocenters. The van der Waals surface area contributed by atoms with Gasteiger partial charge in [-0.3, -0.25) is 9.59 Å². The molecule has 2 N–H and O–H groups in total. The van der Waals surface area contributed by atoms with E-state index in [4.69, 9.17) is 11.6 Å². The van der Waals surface area contributed by atoms with Gasteiger partial charge < -0.3 is 15.4 Å². The van der Waals surface area contributed by atoms with Gasteiger partial charge in [0.15, 0.2) is 5.82 Å². The van der Waals surface area contributed by atoms with Crippen LogP contribution in [0.25, 0.3) is 0 Å². The fraction of sp³-hybridized carbons (Fsp3) is 0.455. The van der Waals surface area contributed by atoms with Crippen molar-refractivity contribution in [3.05, 3.63) is 11.0 Å². The van der Waals surface area contributed by atoms with Crippen LogP contribution >= 0.6 is 11.6 Å². The second-order valence-electron chi connectivity index (χ2n) is 4.10. The molecule has 2 heterocycles. The van der Waals surface area contributed by atoms with Crippen molar-refractivity contribution in [1.82, 2.24) is 9.97 Å². The van der Waals surface area contributed by atoms with Crippen LogP contribution in [0.4, 0.5) is 11.5 Å². The zero-order valence-corrected chi connectivity index (χ0v) is 11.2. The minimum absolute atomic E-state index is 0.103. The number of rotatable bonds is 3. The number of methoxy groups -OCH3 is 1. The molecule has 19 heavy (non-hydrogen) atoms. The molecule has 1 aliphatic heterocycles. The summed E-state index contributed by atoms with van der Waals surface area (Å²) in [5, 5.41) is 5.77. The fourth-order valence-electron chi connectivity index (χ4n) is 1.80. The van der Waals surface area contributed by atoms with Gasteiger partial charge in [-0.25, -0.2) is 4.98 Å². The number of hydrogen-bond acceptors (Lipinski definition) is 6. The Morgan fingerprint density at radius 3 is 2.89 bits per heavy atom. The highest BCUT2D eigenvalue weighted by molar-refractivity contribution is 6.28. The van der Waals surface area contributed by atoms with Crippen LogP contribution in [0.1, 0.15) is 18.5 Å². The average molecular weight is 285 g/mol. The second-order valence-corrected chi connectivity index (χ2v) is 4.44. The van der Waals surface area contributed by atoms with Gasteiger partial charge in [0.25, 0.3) is 0 Å². The molecule has 0 bridgehead atoms. The van der Waals surface area contributed by atoms with Crippen LogP contribution in [-0.4, -0.2) is 35.0 Å². The normalized spacial score (nSPS) is 17.2. The largest absolute Gasteiger partial charge is 0.469 e. The van der Waals surface area contributed by atoms with E-state index in [1.54, 1.807) is 6.92 Å². The van der Waals surface area contributed by atoms with Crippen molar-refractivity contribution in [2.75, 3.05) is 17.7 Å². The summed E-state index contributed by atoms with van der Waals surface area (Å²) in [5.41, 5.74) is 1.10. The number of ether oxygens (including phenoxy) is 1. The minimum atomic E-state index is -0.544. The van der Waals surface area contributed by atoms with E-state index in [0.29, 0.717) is 23.6 Å². The molecule has 2 rings (SSSR count). The first-order valence-electron chi connectivity index (χ1n) is 5.69. The Labute approximate surface area is 114 Å². The molecule has 0 spiro atoms. The Balaban J connectivity index is 2.15. The zero-order valence-electron chi connectivity index (χ0n) is 10.5. The van der Waals surface area contributed by atoms with Gasteiger partial charge >= 0.3 is 5.97 Å². The molecule has 0 radical (unpaired) electrons. The van der Waals surface area contributed by atoms with Crippen molar-refractivity contribution in [2.24, 2.45) is 0 Å². The molecule has 0 saturated heterocycles. The van der Waals surface area contributed by atoms with Gasteiger partial charge in [0.2, 0.25) is 11.2 Å². The van der Waals surface area contributed by atoms with E-state index in [1.165, 1.54) is 7.11 Å². The molecule has 0 saturated carbocycles. The summed E-state index contributed by atoms with van der Waals surface area (Å²) in [4.78, 5) is 30.9. The molecule has 1 aromatic rings. The molecule has 1 aliphatic rings. The maximum Gasteiger partial charge on any atom is 0.305 e. The van der Waals surface area contributed by atoms with E-state index in [1.807, 2.05) is 0 Å². The number of nitrogens with one attached hydrogen (secondary N) is 2. The third kappa shape index (κ3) is 2.93. The van der Waals surface area contributed by atoms with Gasteiger partial charge in [-0.05, 0) is 24.9 Å². The van der Waals surface area contributed by atoms with E-state index in [2.05, 4.69) is 25.3 Å². The highest BCUT2D eigenvalue weighted by Gasteiger charge is 2.28. The van der Waals surface area contributed by atoms with Crippen molar-refractivity contribution >= 4 is 35.0 Å². The van der Waals surface area contributed by atoms with Crippen LogP contribution < -0.4 is 10.6 Å². The first-order valence-corrected chi connectivity index (χ1v) is 6.07. The summed E-state index contributed by atoms with van der Waals surface area (Å²) in [7, 11) is 1.31. The van der Waals surface area contributed by atoms with Gasteiger partial charge in [0, 0.05) is 6.42 Å². The SMILES string of the molecule is COC(=O)CC[C@@H]1Nc2nc(Cl)nc(C)c2NC1=O. The Morgan fingerprint density at radius 1 is 1.47 bits per heavy atom. The minimum Gasteiger partial charge on any atom is -0.469 e. The summed E-state index contributed by atoms with van der Waals surface area (Å²) in [6.07, 6.45) is 0.466. The predicted octanol–water partition coefficient (Wildman–Crippen LogP) is 1.12. The lowest BCUT2D eigenvalue weighted by Crippen LogP contribution is -2.40. The molecule has 0 unspecified atom stereocenters. The number of carbonyl (C=O) groups excluding carboxylic acids is 2. The Kier molecular flexibility index (Phi) is 3.84. The van der Waals surface area contributed by atoms with Gasteiger partial charge in [-0.15, -0.1) is 0 Å². The number of anilines is 2. The third-order valence-corrected chi connectivity index (χ3v) is 2.97. The monoisotopic (exact) mass is 284 g/mol. The summed E-state index contributed by atoms with van der Waals surface area (Å²) in [6.45, 7) is 1.73. The first kappa shape index (κ1) is 13.5.